The Balaban J connectivity index is 4.16. The average Bonchev–Trinajstić information content (AvgIpc) is 2.35. The molecule has 0 aromatic rings. The van der Waals surface area contributed by atoms with E-state index < -0.39 is 0 Å². The van der Waals surface area contributed by atoms with Crippen LogP contribution >= 0.6 is 0 Å². The van der Waals surface area contributed by atoms with Gasteiger partial charge in [0, 0.05) is 24.7 Å². The van der Waals surface area contributed by atoms with E-state index in [9.17, 15) is 0 Å². The summed E-state index contributed by atoms with van der Waals surface area (Å²) in [5.74, 6) is 0. The lowest BCUT2D eigenvalue weighted by molar-refractivity contribution is 0.143. The smallest absolute Gasteiger partial charge is 0.0195 e. The van der Waals surface area contributed by atoms with Crippen molar-refractivity contribution in [2.45, 2.75) is 85.4 Å². The van der Waals surface area contributed by atoms with Gasteiger partial charge in [-0.1, -0.05) is 27.2 Å². The van der Waals surface area contributed by atoms with E-state index in [1.54, 1.807) is 0 Å². The van der Waals surface area contributed by atoms with Gasteiger partial charge in [-0.05, 0) is 46.6 Å². The van der Waals surface area contributed by atoms with Gasteiger partial charge >= 0.3 is 0 Å². The Hall–Kier alpha value is -0.0800. The van der Waals surface area contributed by atoms with Crippen molar-refractivity contribution >= 4 is 0 Å². The Labute approximate surface area is 109 Å². The summed E-state index contributed by atoms with van der Waals surface area (Å²) in [5.41, 5.74) is 0. The van der Waals surface area contributed by atoms with Gasteiger partial charge in [-0.25, -0.2) is 0 Å². The van der Waals surface area contributed by atoms with Gasteiger partial charge in [0.05, 0.1) is 0 Å². The summed E-state index contributed by atoms with van der Waals surface area (Å²) in [6, 6.07) is 1.99. The minimum absolute atomic E-state index is 0.641. The summed E-state index contributed by atoms with van der Waals surface area (Å²) in [6.07, 6.45) is 5.07. The lowest BCUT2D eigenvalue weighted by Gasteiger charge is -2.35. The zero-order chi connectivity index (χ0) is 13.3. The molecule has 0 aliphatic rings. The molecule has 0 aromatic heterocycles. The Morgan fingerprint density at radius 2 is 1.59 bits per heavy atom. The van der Waals surface area contributed by atoms with Crippen molar-refractivity contribution in [2.24, 2.45) is 0 Å². The number of hydrogen-bond acceptors (Lipinski definition) is 2. The molecule has 104 valence electrons. The SMILES string of the molecule is CCCCN(C(C)CC)C(C)CNC(C)CC. The van der Waals surface area contributed by atoms with E-state index in [4.69, 9.17) is 0 Å². The van der Waals surface area contributed by atoms with Gasteiger partial charge in [-0.15, -0.1) is 0 Å². The van der Waals surface area contributed by atoms with Crippen molar-refractivity contribution in [3.05, 3.63) is 0 Å². The van der Waals surface area contributed by atoms with Gasteiger partial charge in [-0.2, -0.15) is 0 Å². The molecule has 0 saturated carbocycles. The molecule has 0 aliphatic carbocycles. The Kier molecular flexibility index (Phi) is 9.85. The predicted octanol–water partition coefficient (Wildman–Crippen LogP) is 3.66. The molecule has 2 nitrogen and oxygen atoms in total. The van der Waals surface area contributed by atoms with Crippen LogP contribution in [0.25, 0.3) is 0 Å². The summed E-state index contributed by atoms with van der Waals surface area (Å²) >= 11 is 0. The first kappa shape index (κ1) is 16.9. The molecule has 0 rings (SSSR count). The van der Waals surface area contributed by atoms with Crippen molar-refractivity contribution in [2.75, 3.05) is 13.1 Å². The normalized spacial score (nSPS) is 17.1. The van der Waals surface area contributed by atoms with Crippen LogP contribution in [0.4, 0.5) is 0 Å². The molecule has 0 aliphatic heterocycles. The largest absolute Gasteiger partial charge is 0.313 e. The fraction of sp³-hybridized carbons (Fsp3) is 1.00. The molecule has 0 bridgehead atoms. The third-order valence-electron chi connectivity index (χ3n) is 3.87. The van der Waals surface area contributed by atoms with E-state index in [1.165, 1.54) is 32.2 Å². The minimum atomic E-state index is 0.641. The molecule has 17 heavy (non-hydrogen) atoms. The van der Waals surface area contributed by atoms with Crippen LogP contribution in [0.15, 0.2) is 0 Å². The van der Waals surface area contributed by atoms with E-state index in [2.05, 4.69) is 51.8 Å². The fourth-order valence-corrected chi connectivity index (χ4v) is 2.08. The third kappa shape index (κ3) is 7.05. The first-order valence-electron chi connectivity index (χ1n) is 7.55. The molecular weight excluding hydrogens is 208 g/mol. The second-order valence-electron chi connectivity index (χ2n) is 5.42. The highest BCUT2D eigenvalue weighted by molar-refractivity contribution is 4.75. The first-order chi connectivity index (χ1) is 8.06. The van der Waals surface area contributed by atoms with E-state index >= 15 is 0 Å². The predicted molar refractivity (Wildman–Crippen MR) is 78.6 cm³/mol. The van der Waals surface area contributed by atoms with Crippen LogP contribution in [0.2, 0.25) is 0 Å². The minimum Gasteiger partial charge on any atom is -0.313 e. The van der Waals surface area contributed by atoms with Crippen molar-refractivity contribution in [1.29, 1.82) is 0 Å². The number of rotatable bonds is 10. The maximum atomic E-state index is 3.63. The fourth-order valence-electron chi connectivity index (χ4n) is 2.08. The molecule has 0 spiro atoms. The van der Waals surface area contributed by atoms with Crippen LogP contribution in [0, 0.1) is 0 Å². The van der Waals surface area contributed by atoms with E-state index in [-0.39, 0.29) is 0 Å². The topological polar surface area (TPSA) is 15.3 Å². The lowest BCUT2D eigenvalue weighted by atomic mass is 10.1. The van der Waals surface area contributed by atoms with Crippen molar-refractivity contribution in [3.8, 4) is 0 Å². The highest BCUT2D eigenvalue weighted by Crippen LogP contribution is 2.10. The molecule has 0 aromatic carbocycles. The molecular formula is C15H34N2. The number of hydrogen-bond donors (Lipinski definition) is 1. The van der Waals surface area contributed by atoms with E-state index in [0.717, 1.165) is 6.54 Å². The van der Waals surface area contributed by atoms with Gasteiger partial charge in [0.2, 0.25) is 0 Å². The molecule has 2 heteroatoms. The van der Waals surface area contributed by atoms with Gasteiger partial charge in [0.15, 0.2) is 0 Å². The zero-order valence-electron chi connectivity index (χ0n) is 12.9. The summed E-state index contributed by atoms with van der Waals surface area (Å²) in [4.78, 5) is 2.67. The van der Waals surface area contributed by atoms with Crippen LogP contribution in [-0.4, -0.2) is 36.1 Å². The molecule has 0 radical (unpaired) electrons. The Morgan fingerprint density at radius 3 is 2.06 bits per heavy atom. The Bertz CT molecular complexity index is 170. The molecule has 0 saturated heterocycles. The molecule has 0 heterocycles. The van der Waals surface area contributed by atoms with E-state index in [1.807, 2.05) is 0 Å². The van der Waals surface area contributed by atoms with Crippen LogP contribution in [0.5, 0.6) is 0 Å². The molecule has 1 N–H and O–H groups in total. The maximum Gasteiger partial charge on any atom is 0.0195 e. The second kappa shape index (κ2) is 9.90. The van der Waals surface area contributed by atoms with Crippen LogP contribution < -0.4 is 5.32 Å². The van der Waals surface area contributed by atoms with Crippen molar-refractivity contribution in [1.82, 2.24) is 10.2 Å². The standard InChI is InChI=1S/C15H34N2/c1-7-10-11-17(14(5)9-3)15(6)12-16-13(4)8-2/h13-16H,7-12H2,1-6H3. The Morgan fingerprint density at radius 1 is 0.941 bits per heavy atom. The van der Waals surface area contributed by atoms with E-state index in [0.29, 0.717) is 18.1 Å². The summed E-state index contributed by atoms with van der Waals surface area (Å²) in [6.45, 7) is 16.2. The highest BCUT2D eigenvalue weighted by Gasteiger charge is 2.18. The molecule has 3 unspecified atom stereocenters. The summed E-state index contributed by atoms with van der Waals surface area (Å²) < 4.78 is 0. The summed E-state index contributed by atoms with van der Waals surface area (Å²) in [5, 5.41) is 3.63. The monoisotopic (exact) mass is 242 g/mol. The van der Waals surface area contributed by atoms with Crippen LogP contribution in [-0.2, 0) is 0 Å². The van der Waals surface area contributed by atoms with Crippen molar-refractivity contribution < 1.29 is 0 Å². The second-order valence-corrected chi connectivity index (χ2v) is 5.42. The molecule has 0 fully saturated rings. The summed E-state index contributed by atoms with van der Waals surface area (Å²) in [7, 11) is 0. The average molecular weight is 242 g/mol. The quantitative estimate of drug-likeness (QED) is 0.629. The van der Waals surface area contributed by atoms with Gasteiger partial charge in [-0.3, -0.25) is 4.90 Å². The molecule has 3 atom stereocenters. The van der Waals surface area contributed by atoms with Gasteiger partial charge < -0.3 is 5.32 Å². The van der Waals surface area contributed by atoms with Gasteiger partial charge in [0.1, 0.15) is 0 Å². The molecule has 0 amide bonds. The zero-order valence-corrected chi connectivity index (χ0v) is 12.9. The van der Waals surface area contributed by atoms with Gasteiger partial charge in [0.25, 0.3) is 0 Å². The first-order valence-corrected chi connectivity index (χ1v) is 7.55. The lowest BCUT2D eigenvalue weighted by Crippen LogP contribution is -2.47. The number of unbranched alkanes of at least 4 members (excludes halogenated alkanes) is 1. The maximum absolute atomic E-state index is 3.63. The van der Waals surface area contributed by atoms with Crippen molar-refractivity contribution in [3.63, 3.8) is 0 Å². The number of nitrogens with zero attached hydrogens (tertiary/aromatic N) is 1. The van der Waals surface area contributed by atoms with Crippen LogP contribution in [0.1, 0.15) is 67.2 Å². The van der Waals surface area contributed by atoms with Crippen LogP contribution in [0.3, 0.4) is 0 Å². The highest BCUT2D eigenvalue weighted by atomic mass is 15.2. The number of nitrogens with one attached hydrogen (secondary N) is 1. The third-order valence-corrected chi connectivity index (χ3v) is 3.87.